The molecule has 0 amide bonds. The summed E-state index contributed by atoms with van der Waals surface area (Å²) in [6, 6.07) is 14.5. The highest BCUT2D eigenvalue weighted by Gasteiger charge is 2.10. The van der Waals surface area contributed by atoms with Crippen LogP contribution < -0.4 is 0 Å². The summed E-state index contributed by atoms with van der Waals surface area (Å²) < 4.78 is 0. The highest BCUT2D eigenvalue weighted by atomic mass is 35.5. The van der Waals surface area contributed by atoms with Gasteiger partial charge in [-0.05, 0) is 17.7 Å². The van der Waals surface area contributed by atoms with E-state index >= 15 is 0 Å². The topological polar surface area (TPSA) is 37.3 Å². The molecule has 0 bridgehead atoms. The van der Waals surface area contributed by atoms with E-state index in [0.29, 0.717) is 10.6 Å². The van der Waals surface area contributed by atoms with Crippen molar-refractivity contribution in [1.29, 1.82) is 0 Å². The van der Waals surface area contributed by atoms with E-state index in [-0.39, 0.29) is 5.56 Å². The van der Waals surface area contributed by atoms with E-state index in [1.54, 1.807) is 24.3 Å². The number of halogens is 1. The van der Waals surface area contributed by atoms with Gasteiger partial charge in [0.2, 0.25) is 0 Å². The molecule has 0 aliphatic carbocycles. The average molecular weight is 259 g/mol. The number of hydrogen-bond donors (Lipinski definition) is 1. The summed E-state index contributed by atoms with van der Waals surface area (Å²) in [5.74, 6) is -0.981. The molecule has 0 saturated carbocycles. The monoisotopic (exact) mass is 258 g/mol. The zero-order valence-electron chi connectivity index (χ0n) is 9.51. The van der Waals surface area contributed by atoms with Crippen LogP contribution in [0.15, 0.2) is 48.5 Å². The van der Waals surface area contributed by atoms with Gasteiger partial charge < -0.3 is 5.11 Å². The van der Waals surface area contributed by atoms with Gasteiger partial charge >= 0.3 is 5.97 Å². The number of carboxylic acid groups (broad SMARTS) is 1. The SMILES string of the molecule is O=C(O)c1cccc(Cl)c1C=Cc1ccccc1. The lowest BCUT2D eigenvalue weighted by Crippen LogP contribution is -1.99. The Hall–Kier alpha value is -2.06. The normalized spacial score (nSPS) is 10.7. The predicted octanol–water partition coefficient (Wildman–Crippen LogP) is 4.21. The standard InChI is InChI=1S/C15H11ClO2/c16-14-8-4-7-13(15(17)18)12(14)10-9-11-5-2-1-3-6-11/h1-10H,(H,17,18). The molecular formula is C15H11ClO2. The number of hydrogen-bond acceptors (Lipinski definition) is 1. The fourth-order valence-corrected chi connectivity index (χ4v) is 1.87. The summed E-state index contributed by atoms with van der Waals surface area (Å²) in [4.78, 5) is 11.1. The molecule has 0 aliphatic heterocycles. The molecule has 90 valence electrons. The van der Waals surface area contributed by atoms with Gasteiger partial charge in [-0.1, -0.05) is 60.2 Å². The molecular weight excluding hydrogens is 248 g/mol. The smallest absolute Gasteiger partial charge is 0.336 e. The Labute approximate surface area is 110 Å². The number of carboxylic acids is 1. The molecule has 0 radical (unpaired) electrons. The molecule has 0 aliphatic rings. The highest BCUT2D eigenvalue weighted by molar-refractivity contribution is 6.32. The quantitative estimate of drug-likeness (QED) is 0.838. The van der Waals surface area contributed by atoms with Crippen LogP contribution in [0.4, 0.5) is 0 Å². The molecule has 1 N–H and O–H groups in total. The average Bonchev–Trinajstić information content (AvgIpc) is 2.38. The van der Waals surface area contributed by atoms with Crippen LogP contribution in [-0.2, 0) is 0 Å². The zero-order chi connectivity index (χ0) is 13.0. The van der Waals surface area contributed by atoms with Gasteiger partial charge in [0.15, 0.2) is 0 Å². The molecule has 2 aromatic rings. The Bertz CT molecular complexity index is 589. The second-order valence-corrected chi connectivity index (χ2v) is 4.16. The van der Waals surface area contributed by atoms with Crippen LogP contribution in [0.25, 0.3) is 12.2 Å². The summed E-state index contributed by atoms with van der Waals surface area (Å²) in [6.07, 6.45) is 3.56. The fourth-order valence-electron chi connectivity index (χ4n) is 1.64. The van der Waals surface area contributed by atoms with Gasteiger partial charge in [-0.15, -0.1) is 0 Å². The van der Waals surface area contributed by atoms with E-state index in [9.17, 15) is 4.79 Å². The van der Waals surface area contributed by atoms with E-state index in [4.69, 9.17) is 16.7 Å². The molecule has 2 aromatic carbocycles. The largest absolute Gasteiger partial charge is 0.478 e. The van der Waals surface area contributed by atoms with Crippen LogP contribution in [0.5, 0.6) is 0 Å². The number of rotatable bonds is 3. The van der Waals surface area contributed by atoms with Crippen LogP contribution in [0.3, 0.4) is 0 Å². The minimum atomic E-state index is -0.981. The van der Waals surface area contributed by atoms with Crippen molar-refractivity contribution in [3.05, 3.63) is 70.2 Å². The molecule has 0 fully saturated rings. The second-order valence-electron chi connectivity index (χ2n) is 3.75. The zero-order valence-corrected chi connectivity index (χ0v) is 10.3. The molecule has 2 nitrogen and oxygen atoms in total. The lowest BCUT2D eigenvalue weighted by atomic mass is 10.1. The summed E-state index contributed by atoms with van der Waals surface area (Å²) in [6.45, 7) is 0. The van der Waals surface area contributed by atoms with Crippen molar-refractivity contribution in [2.24, 2.45) is 0 Å². The third-order valence-electron chi connectivity index (χ3n) is 2.53. The summed E-state index contributed by atoms with van der Waals surface area (Å²) >= 11 is 6.03. The van der Waals surface area contributed by atoms with E-state index in [2.05, 4.69) is 0 Å². The van der Waals surface area contributed by atoms with Gasteiger partial charge in [0.1, 0.15) is 0 Å². The first kappa shape index (κ1) is 12.4. The Morgan fingerprint density at radius 2 is 1.72 bits per heavy atom. The molecule has 2 rings (SSSR count). The molecule has 18 heavy (non-hydrogen) atoms. The minimum Gasteiger partial charge on any atom is -0.478 e. The van der Waals surface area contributed by atoms with E-state index in [1.165, 1.54) is 0 Å². The van der Waals surface area contributed by atoms with Gasteiger partial charge in [-0.3, -0.25) is 0 Å². The summed E-state index contributed by atoms with van der Waals surface area (Å²) in [5.41, 5.74) is 1.72. The Balaban J connectivity index is 2.40. The lowest BCUT2D eigenvalue weighted by Gasteiger charge is -2.03. The molecule has 0 spiro atoms. The fraction of sp³-hybridized carbons (Fsp3) is 0. The van der Waals surface area contributed by atoms with Crippen molar-refractivity contribution in [3.63, 3.8) is 0 Å². The van der Waals surface area contributed by atoms with Crippen LogP contribution in [0.1, 0.15) is 21.5 Å². The first-order chi connectivity index (χ1) is 8.68. The lowest BCUT2D eigenvalue weighted by molar-refractivity contribution is 0.0696. The molecule has 0 aromatic heterocycles. The van der Waals surface area contributed by atoms with Crippen molar-refractivity contribution < 1.29 is 9.90 Å². The van der Waals surface area contributed by atoms with Crippen molar-refractivity contribution in [2.45, 2.75) is 0 Å². The second kappa shape index (κ2) is 5.52. The first-order valence-corrected chi connectivity index (χ1v) is 5.81. The van der Waals surface area contributed by atoms with Crippen molar-refractivity contribution in [2.75, 3.05) is 0 Å². The van der Waals surface area contributed by atoms with Crippen LogP contribution in [0.2, 0.25) is 5.02 Å². The van der Waals surface area contributed by atoms with Crippen LogP contribution in [0, 0.1) is 0 Å². The first-order valence-electron chi connectivity index (χ1n) is 5.43. The summed E-state index contributed by atoms with van der Waals surface area (Å²) in [5, 5.41) is 9.53. The van der Waals surface area contributed by atoms with Crippen LogP contribution in [-0.4, -0.2) is 11.1 Å². The van der Waals surface area contributed by atoms with Crippen molar-refractivity contribution in [1.82, 2.24) is 0 Å². The van der Waals surface area contributed by atoms with Gasteiger partial charge in [0.05, 0.1) is 5.56 Å². The van der Waals surface area contributed by atoms with Gasteiger partial charge in [-0.2, -0.15) is 0 Å². The highest BCUT2D eigenvalue weighted by Crippen LogP contribution is 2.22. The molecule has 0 heterocycles. The third-order valence-corrected chi connectivity index (χ3v) is 2.85. The number of benzene rings is 2. The Kier molecular flexibility index (Phi) is 3.80. The molecule has 0 saturated heterocycles. The molecule has 3 heteroatoms. The van der Waals surface area contributed by atoms with Crippen molar-refractivity contribution in [3.8, 4) is 0 Å². The van der Waals surface area contributed by atoms with Gasteiger partial charge in [0.25, 0.3) is 0 Å². The van der Waals surface area contributed by atoms with E-state index in [0.717, 1.165) is 5.56 Å². The maximum atomic E-state index is 11.1. The van der Waals surface area contributed by atoms with Gasteiger partial charge in [-0.25, -0.2) is 4.79 Å². The predicted molar refractivity (Wildman–Crippen MR) is 73.8 cm³/mol. The molecule has 0 atom stereocenters. The Morgan fingerprint density at radius 1 is 1.00 bits per heavy atom. The van der Waals surface area contributed by atoms with Crippen LogP contribution >= 0.6 is 11.6 Å². The number of carbonyl (C=O) groups is 1. The third kappa shape index (κ3) is 2.79. The van der Waals surface area contributed by atoms with Gasteiger partial charge in [0, 0.05) is 10.6 Å². The van der Waals surface area contributed by atoms with E-state index in [1.807, 2.05) is 36.4 Å². The Morgan fingerprint density at radius 3 is 2.39 bits per heavy atom. The molecule has 0 unspecified atom stereocenters. The minimum absolute atomic E-state index is 0.203. The van der Waals surface area contributed by atoms with Crippen molar-refractivity contribution >= 4 is 29.7 Å². The van der Waals surface area contributed by atoms with E-state index < -0.39 is 5.97 Å². The maximum absolute atomic E-state index is 11.1. The summed E-state index contributed by atoms with van der Waals surface area (Å²) in [7, 11) is 0. The number of aromatic carboxylic acids is 1. The maximum Gasteiger partial charge on any atom is 0.336 e.